The van der Waals surface area contributed by atoms with Gasteiger partial charge in [-0.2, -0.15) is 0 Å². The number of urea groups is 1. The summed E-state index contributed by atoms with van der Waals surface area (Å²) in [5.74, 6) is 0.927. The second-order valence-corrected chi connectivity index (χ2v) is 5.95. The maximum Gasteiger partial charge on any atom is 0.317 e. The van der Waals surface area contributed by atoms with E-state index in [2.05, 4.69) is 12.2 Å². The van der Waals surface area contributed by atoms with Crippen LogP contribution in [0, 0.1) is 6.92 Å². The first-order chi connectivity index (χ1) is 10.7. The molecule has 1 saturated heterocycles. The van der Waals surface area contributed by atoms with Crippen molar-refractivity contribution in [2.45, 2.75) is 52.0 Å². The van der Waals surface area contributed by atoms with Crippen molar-refractivity contribution < 1.29 is 9.53 Å². The van der Waals surface area contributed by atoms with Crippen LogP contribution >= 0.6 is 0 Å². The average molecular weight is 304 g/mol. The third-order valence-electron chi connectivity index (χ3n) is 4.31. The first-order valence-electron chi connectivity index (χ1n) is 8.45. The summed E-state index contributed by atoms with van der Waals surface area (Å²) in [6.07, 6.45) is 5.38. The quantitative estimate of drug-likeness (QED) is 0.813. The Morgan fingerprint density at radius 3 is 2.95 bits per heavy atom. The van der Waals surface area contributed by atoms with Gasteiger partial charge in [0.15, 0.2) is 0 Å². The van der Waals surface area contributed by atoms with Crippen LogP contribution in [0.5, 0.6) is 5.75 Å². The second kappa shape index (κ2) is 8.66. The molecule has 0 saturated carbocycles. The van der Waals surface area contributed by atoms with E-state index in [-0.39, 0.29) is 6.03 Å². The minimum atomic E-state index is 0.0856. The molecule has 1 aliphatic heterocycles. The van der Waals surface area contributed by atoms with Crippen LogP contribution in [-0.2, 0) is 0 Å². The van der Waals surface area contributed by atoms with E-state index in [0.717, 1.165) is 43.5 Å². The Morgan fingerprint density at radius 1 is 1.36 bits per heavy atom. The van der Waals surface area contributed by atoms with Crippen LogP contribution in [0.3, 0.4) is 0 Å². The molecule has 0 bridgehead atoms. The van der Waals surface area contributed by atoms with Crippen molar-refractivity contribution >= 4 is 6.03 Å². The molecule has 0 aromatic heterocycles. The van der Waals surface area contributed by atoms with E-state index >= 15 is 0 Å². The van der Waals surface area contributed by atoms with Crippen LogP contribution in [0.25, 0.3) is 0 Å². The zero-order valence-corrected chi connectivity index (χ0v) is 13.8. The van der Waals surface area contributed by atoms with Crippen LogP contribution < -0.4 is 10.1 Å². The third-order valence-corrected chi connectivity index (χ3v) is 4.31. The number of benzene rings is 1. The van der Waals surface area contributed by atoms with Gasteiger partial charge in [0, 0.05) is 19.1 Å². The summed E-state index contributed by atoms with van der Waals surface area (Å²) in [5, 5.41) is 3.02. The largest absolute Gasteiger partial charge is 0.493 e. The van der Waals surface area contributed by atoms with E-state index < -0.39 is 0 Å². The first-order valence-corrected chi connectivity index (χ1v) is 8.45. The number of aryl methyl sites for hydroxylation is 1. The minimum absolute atomic E-state index is 0.0856. The smallest absolute Gasteiger partial charge is 0.317 e. The monoisotopic (exact) mass is 304 g/mol. The molecule has 0 radical (unpaired) electrons. The summed E-state index contributed by atoms with van der Waals surface area (Å²) in [5.41, 5.74) is 1.14. The van der Waals surface area contributed by atoms with Crippen LogP contribution in [0.2, 0.25) is 0 Å². The molecule has 1 fully saturated rings. The highest BCUT2D eigenvalue weighted by Crippen LogP contribution is 2.19. The standard InChI is InChI=1S/C18H28N2O2/c1-3-16-10-6-7-13-20(16)18(21)19-12-8-14-22-17-11-5-4-9-15(17)2/h4-5,9,11,16H,3,6-8,10,12-14H2,1-2H3,(H,19,21). The lowest BCUT2D eigenvalue weighted by molar-refractivity contribution is 0.148. The van der Waals surface area contributed by atoms with Crippen molar-refractivity contribution in [3.8, 4) is 5.75 Å². The van der Waals surface area contributed by atoms with Gasteiger partial charge in [0.1, 0.15) is 5.75 Å². The molecule has 122 valence electrons. The Labute approximate surface area is 133 Å². The number of para-hydroxylation sites is 1. The molecule has 1 N–H and O–H groups in total. The van der Waals surface area contributed by atoms with Crippen LogP contribution in [0.4, 0.5) is 4.79 Å². The van der Waals surface area contributed by atoms with Gasteiger partial charge in [0.25, 0.3) is 0 Å². The number of ether oxygens (including phenoxy) is 1. The summed E-state index contributed by atoms with van der Waals surface area (Å²) in [6, 6.07) is 8.50. The fourth-order valence-electron chi connectivity index (χ4n) is 2.96. The number of carbonyl (C=O) groups is 1. The summed E-state index contributed by atoms with van der Waals surface area (Å²) < 4.78 is 5.74. The predicted molar refractivity (Wildman–Crippen MR) is 89.3 cm³/mol. The van der Waals surface area contributed by atoms with E-state index in [4.69, 9.17) is 4.74 Å². The zero-order valence-electron chi connectivity index (χ0n) is 13.8. The molecule has 1 atom stereocenters. The van der Waals surface area contributed by atoms with Crippen LogP contribution in [-0.4, -0.2) is 36.7 Å². The molecule has 2 amide bonds. The Morgan fingerprint density at radius 2 is 2.18 bits per heavy atom. The van der Waals surface area contributed by atoms with Crippen molar-refractivity contribution in [1.82, 2.24) is 10.2 Å². The van der Waals surface area contributed by atoms with Crippen molar-refractivity contribution in [3.05, 3.63) is 29.8 Å². The summed E-state index contributed by atoms with van der Waals surface area (Å²) in [7, 11) is 0. The molecule has 2 rings (SSSR count). The van der Waals surface area contributed by atoms with E-state index in [9.17, 15) is 4.79 Å². The van der Waals surface area contributed by atoms with Gasteiger partial charge in [0.05, 0.1) is 6.61 Å². The van der Waals surface area contributed by atoms with Gasteiger partial charge in [-0.05, 0) is 50.7 Å². The second-order valence-electron chi connectivity index (χ2n) is 5.95. The molecule has 0 spiro atoms. The highest BCUT2D eigenvalue weighted by atomic mass is 16.5. The molecule has 1 unspecified atom stereocenters. The number of likely N-dealkylation sites (tertiary alicyclic amines) is 1. The van der Waals surface area contributed by atoms with Crippen LogP contribution in [0.15, 0.2) is 24.3 Å². The van der Waals surface area contributed by atoms with Gasteiger partial charge < -0.3 is 15.0 Å². The predicted octanol–water partition coefficient (Wildman–Crippen LogP) is 3.74. The van der Waals surface area contributed by atoms with Crippen LogP contribution in [0.1, 0.15) is 44.6 Å². The Bertz CT molecular complexity index is 476. The molecule has 4 heteroatoms. The maximum atomic E-state index is 12.2. The fraction of sp³-hybridized carbons (Fsp3) is 0.611. The normalized spacial score (nSPS) is 18.1. The number of nitrogens with zero attached hydrogens (tertiary/aromatic N) is 1. The number of carbonyl (C=O) groups excluding carboxylic acids is 1. The van der Waals surface area contributed by atoms with Crippen molar-refractivity contribution in [1.29, 1.82) is 0 Å². The maximum absolute atomic E-state index is 12.2. The van der Waals surface area contributed by atoms with E-state index in [0.29, 0.717) is 19.2 Å². The highest BCUT2D eigenvalue weighted by Gasteiger charge is 2.24. The van der Waals surface area contributed by atoms with E-state index in [1.54, 1.807) is 0 Å². The molecular formula is C18H28N2O2. The Kier molecular flexibility index (Phi) is 6.56. The molecule has 4 nitrogen and oxygen atoms in total. The van der Waals surface area contributed by atoms with E-state index in [1.165, 1.54) is 6.42 Å². The van der Waals surface area contributed by atoms with Gasteiger partial charge in [-0.25, -0.2) is 4.79 Å². The number of hydrogen-bond donors (Lipinski definition) is 1. The molecule has 1 aromatic rings. The molecule has 1 aliphatic rings. The van der Waals surface area contributed by atoms with Gasteiger partial charge in [0.2, 0.25) is 0 Å². The zero-order chi connectivity index (χ0) is 15.8. The highest BCUT2D eigenvalue weighted by molar-refractivity contribution is 5.74. The topological polar surface area (TPSA) is 41.6 Å². The Hall–Kier alpha value is -1.71. The number of rotatable bonds is 6. The average Bonchev–Trinajstić information content (AvgIpc) is 2.56. The SMILES string of the molecule is CCC1CCCCN1C(=O)NCCCOc1ccccc1C. The van der Waals surface area contributed by atoms with Gasteiger partial charge >= 0.3 is 6.03 Å². The number of nitrogens with one attached hydrogen (secondary N) is 1. The summed E-state index contributed by atoms with van der Waals surface area (Å²) >= 11 is 0. The number of amides is 2. The lowest BCUT2D eigenvalue weighted by Gasteiger charge is -2.35. The fourth-order valence-corrected chi connectivity index (χ4v) is 2.96. The summed E-state index contributed by atoms with van der Waals surface area (Å²) in [6.45, 7) is 6.38. The molecule has 0 aliphatic carbocycles. The van der Waals surface area contributed by atoms with Gasteiger partial charge in [-0.15, -0.1) is 0 Å². The number of piperidine rings is 1. The molecule has 1 aromatic carbocycles. The lowest BCUT2D eigenvalue weighted by atomic mass is 10.0. The lowest BCUT2D eigenvalue weighted by Crippen LogP contribution is -2.48. The minimum Gasteiger partial charge on any atom is -0.493 e. The molecular weight excluding hydrogens is 276 g/mol. The first kappa shape index (κ1) is 16.7. The van der Waals surface area contributed by atoms with Crippen molar-refractivity contribution in [3.63, 3.8) is 0 Å². The van der Waals surface area contributed by atoms with Crippen molar-refractivity contribution in [2.24, 2.45) is 0 Å². The molecule has 22 heavy (non-hydrogen) atoms. The van der Waals surface area contributed by atoms with E-state index in [1.807, 2.05) is 36.1 Å². The Balaban J connectivity index is 1.66. The third kappa shape index (κ3) is 4.65. The van der Waals surface area contributed by atoms with Crippen molar-refractivity contribution in [2.75, 3.05) is 19.7 Å². The van der Waals surface area contributed by atoms with Gasteiger partial charge in [-0.3, -0.25) is 0 Å². The number of hydrogen-bond acceptors (Lipinski definition) is 2. The summed E-state index contributed by atoms with van der Waals surface area (Å²) in [4.78, 5) is 14.2. The molecule has 1 heterocycles. The van der Waals surface area contributed by atoms with Gasteiger partial charge in [-0.1, -0.05) is 25.1 Å².